The summed E-state index contributed by atoms with van der Waals surface area (Å²) >= 11 is 6.10. The van der Waals surface area contributed by atoms with Crippen LogP contribution in [0.25, 0.3) is 0 Å². The van der Waals surface area contributed by atoms with E-state index in [2.05, 4.69) is 13.8 Å². The monoisotopic (exact) mass is 266 g/mol. The van der Waals surface area contributed by atoms with E-state index in [1.54, 1.807) is 18.2 Å². The van der Waals surface area contributed by atoms with Gasteiger partial charge in [0.25, 0.3) is 5.91 Å². The van der Waals surface area contributed by atoms with E-state index in [9.17, 15) is 4.79 Å². The quantitative estimate of drug-likeness (QED) is 0.794. The third-order valence-electron chi connectivity index (χ3n) is 3.60. The van der Waals surface area contributed by atoms with Crippen molar-refractivity contribution in [3.05, 3.63) is 28.8 Å². The van der Waals surface area contributed by atoms with Gasteiger partial charge in [-0.15, -0.1) is 0 Å². The molecule has 4 heteroatoms. The Morgan fingerprint density at radius 2 is 2.11 bits per heavy atom. The molecule has 1 aliphatic heterocycles. The molecule has 3 nitrogen and oxygen atoms in total. The van der Waals surface area contributed by atoms with Gasteiger partial charge in [-0.05, 0) is 43.9 Å². The van der Waals surface area contributed by atoms with Gasteiger partial charge in [0.2, 0.25) is 0 Å². The summed E-state index contributed by atoms with van der Waals surface area (Å²) in [6, 6.07) is 5.35. The van der Waals surface area contributed by atoms with E-state index in [0.29, 0.717) is 22.2 Å². The molecule has 1 aromatic carbocycles. The number of halogens is 1. The molecule has 0 spiro atoms. The van der Waals surface area contributed by atoms with Crippen LogP contribution in [-0.4, -0.2) is 23.4 Å². The fourth-order valence-corrected chi connectivity index (χ4v) is 2.70. The lowest BCUT2D eigenvalue weighted by molar-refractivity contribution is 0.0574. The molecule has 1 saturated heterocycles. The predicted molar refractivity (Wildman–Crippen MR) is 74.8 cm³/mol. The number of rotatable bonds is 1. The maximum atomic E-state index is 12.5. The number of anilines is 1. The number of hydrogen-bond acceptors (Lipinski definition) is 2. The normalized spacial score (nSPS) is 24.1. The molecule has 0 radical (unpaired) electrons. The molecule has 0 saturated carbocycles. The van der Waals surface area contributed by atoms with Gasteiger partial charge in [0.15, 0.2) is 0 Å². The first kappa shape index (κ1) is 13.2. The predicted octanol–water partition coefficient (Wildman–Crippen LogP) is 3.18. The number of carbonyl (C=O) groups excluding carboxylic acids is 1. The van der Waals surface area contributed by atoms with E-state index in [4.69, 9.17) is 17.3 Å². The molecule has 1 aliphatic rings. The van der Waals surface area contributed by atoms with Crippen molar-refractivity contribution in [3.63, 3.8) is 0 Å². The van der Waals surface area contributed by atoms with Gasteiger partial charge in [-0.1, -0.05) is 18.5 Å². The molecule has 98 valence electrons. The molecule has 0 aromatic heterocycles. The Bertz CT molecular complexity index is 461. The van der Waals surface area contributed by atoms with Gasteiger partial charge in [0, 0.05) is 18.3 Å². The van der Waals surface area contributed by atoms with Crippen molar-refractivity contribution in [2.75, 3.05) is 12.3 Å². The molecular formula is C14H19ClN2O. The van der Waals surface area contributed by atoms with Gasteiger partial charge in [-0.3, -0.25) is 4.79 Å². The lowest BCUT2D eigenvalue weighted by atomic mass is 9.94. The molecular weight excluding hydrogens is 248 g/mol. The van der Waals surface area contributed by atoms with Crippen molar-refractivity contribution in [1.29, 1.82) is 0 Å². The molecule has 2 atom stereocenters. The standard InChI is InChI=1S/C14H19ClN2O/c1-9-3-4-10(2)17(8-9)14(18)12-6-5-11(16)7-13(12)15/h5-7,9-10H,3-4,8,16H2,1-2H3. The summed E-state index contributed by atoms with van der Waals surface area (Å²) in [5, 5.41) is 0.436. The van der Waals surface area contributed by atoms with Crippen LogP contribution in [0, 0.1) is 5.92 Å². The second-order valence-corrected chi connectivity index (χ2v) is 5.64. The van der Waals surface area contributed by atoms with Crippen molar-refractivity contribution in [1.82, 2.24) is 4.90 Å². The second kappa shape index (κ2) is 5.19. The Labute approximate surface area is 113 Å². The van der Waals surface area contributed by atoms with Crippen LogP contribution in [0.1, 0.15) is 37.0 Å². The number of likely N-dealkylation sites (tertiary alicyclic amines) is 1. The first-order chi connectivity index (χ1) is 8.49. The summed E-state index contributed by atoms with van der Waals surface area (Å²) in [4.78, 5) is 14.4. The first-order valence-corrected chi connectivity index (χ1v) is 6.73. The second-order valence-electron chi connectivity index (χ2n) is 5.23. The average molecular weight is 267 g/mol. The van der Waals surface area contributed by atoms with E-state index < -0.39 is 0 Å². The van der Waals surface area contributed by atoms with Crippen LogP contribution in [0.5, 0.6) is 0 Å². The molecule has 1 amide bonds. The summed E-state index contributed by atoms with van der Waals surface area (Å²) in [5.41, 5.74) is 6.77. The summed E-state index contributed by atoms with van der Waals surface area (Å²) < 4.78 is 0. The third-order valence-corrected chi connectivity index (χ3v) is 3.91. The molecule has 0 bridgehead atoms. The highest BCUT2D eigenvalue weighted by atomic mass is 35.5. The minimum Gasteiger partial charge on any atom is -0.399 e. The molecule has 2 N–H and O–H groups in total. The van der Waals surface area contributed by atoms with E-state index >= 15 is 0 Å². The highest BCUT2D eigenvalue weighted by Gasteiger charge is 2.28. The fourth-order valence-electron chi connectivity index (χ4n) is 2.43. The van der Waals surface area contributed by atoms with Crippen LogP contribution in [0.3, 0.4) is 0 Å². The van der Waals surface area contributed by atoms with Crippen LogP contribution in [0.15, 0.2) is 18.2 Å². The van der Waals surface area contributed by atoms with E-state index in [1.807, 2.05) is 4.90 Å². The number of amides is 1. The highest BCUT2D eigenvalue weighted by molar-refractivity contribution is 6.34. The summed E-state index contributed by atoms with van der Waals surface area (Å²) in [5.74, 6) is 0.566. The van der Waals surface area contributed by atoms with Crippen molar-refractivity contribution < 1.29 is 4.79 Å². The smallest absolute Gasteiger partial charge is 0.255 e. The SMILES string of the molecule is CC1CCC(C)N(C(=O)c2ccc(N)cc2Cl)C1. The minimum atomic E-state index is 0.0130. The number of nitrogen functional groups attached to an aromatic ring is 1. The molecule has 1 heterocycles. The molecule has 0 aliphatic carbocycles. The van der Waals surface area contributed by atoms with E-state index in [-0.39, 0.29) is 11.9 Å². The zero-order valence-corrected chi connectivity index (χ0v) is 11.6. The van der Waals surface area contributed by atoms with Gasteiger partial charge >= 0.3 is 0 Å². The number of hydrogen-bond donors (Lipinski definition) is 1. The Kier molecular flexibility index (Phi) is 3.81. The number of carbonyl (C=O) groups is 1. The molecule has 1 fully saturated rings. The van der Waals surface area contributed by atoms with Crippen LogP contribution < -0.4 is 5.73 Å². The summed E-state index contributed by atoms with van der Waals surface area (Å²) in [7, 11) is 0. The Morgan fingerprint density at radius 1 is 1.39 bits per heavy atom. The van der Waals surface area contributed by atoms with Crippen molar-refractivity contribution >= 4 is 23.2 Å². The number of benzene rings is 1. The van der Waals surface area contributed by atoms with Crippen molar-refractivity contribution in [3.8, 4) is 0 Å². The van der Waals surface area contributed by atoms with Crippen molar-refractivity contribution in [2.45, 2.75) is 32.7 Å². The zero-order valence-electron chi connectivity index (χ0n) is 10.8. The van der Waals surface area contributed by atoms with Gasteiger partial charge in [-0.25, -0.2) is 0 Å². The Morgan fingerprint density at radius 3 is 2.78 bits per heavy atom. The topological polar surface area (TPSA) is 46.3 Å². The van der Waals surface area contributed by atoms with Crippen LogP contribution in [0.2, 0.25) is 5.02 Å². The largest absolute Gasteiger partial charge is 0.399 e. The first-order valence-electron chi connectivity index (χ1n) is 6.35. The molecule has 1 aromatic rings. The number of nitrogens with two attached hydrogens (primary N) is 1. The summed E-state index contributed by atoms with van der Waals surface area (Å²) in [6.07, 6.45) is 2.24. The van der Waals surface area contributed by atoms with Crippen LogP contribution >= 0.6 is 11.6 Å². The lowest BCUT2D eigenvalue weighted by Gasteiger charge is -2.37. The Hall–Kier alpha value is -1.22. The van der Waals surface area contributed by atoms with Crippen LogP contribution in [0.4, 0.5) is 5.69 Å². The maximum absolute atomic E-state index is 12.5. The van der Waals surface area contributed by atoms with Gasteiger partial charge in [-0.2, -0.15) is 0 Å². The average Bonchev–Trinajstić information content (AvgIpc) is 2.31. The summed E-state index contributed by atoms with van der Waals surface area (Å²) in [6.45, 7) is 5.08. The van der Waals surface area contributed by atoms with Gasteiger partial charge < -0.3 is 10.6 Å². The van der Waals surface area contributed by atoms with Gasteiger partial charge in [0.1, 0.15) is 0 Å². The Balaban J connectivity index is 2.24. The fraction of sp³-hybridized carbons (Fsp3) is 0.500. The number of nitrogens with zero attached hydrogens (tertiary/aromatic N) is 1. The highest BCUT2D eigenvalue weighted by Crippen LogP contribution is 2.26. The van der Waals surface area contributed by atoms with E-state index in [0.717, 1.165) is 13.0 Å². The maximum Gasteiger partial charge on any atom is 0.255 e. The minimum absolute atomic E-state index is 0.0130. The molecule has 2 unspecified atom stereocenters. The molecule has 18 heavy (non-hydrogen) atoms. The lowest BCUT2D eigenvalue weighted by Crippen LogP contribution is -2.45. The van der Waals surface area contributed by atoms with Crippen molar-refractivity contribution in [2.24, 2.45) is 5.92 Å². The number of piperidine rings is 1. The molecule has 2 rings (SSSR count). The zero-order chi connectivity index (χ0) is 13.3. The van der Waals surface area contributed by atoms with E-state index in [1.165, 1.54) is 6.42 Å². The van der Waals surface area contributed by atoms with Gasteiger partial charge in [0.05, 0.1) is 10.6 Å². The van der Waals surface area contributed by atoms with Crippen LogP contribution in [-0.2, 0) is 0 Å². The third kappa shape index (κ3) is 2.61.